The first-order valence-corrected chi connectivity index (χ1v) is 6.80. The minimum absolute atomic E-state index is 0.248. The van der Waals surface area contributed by atoms with Gasteiger partial charge in [-0.15, -0.1) is 0 Å². The second kappa shape index (κ2) is 7.07. The van der Waals surface area contributed by atoms with E-state index >= 15 is 0 Å². The zero-order chi connectivity index (χ0) is 15.2. The Kier molecular flexibility index (Phi) is 5.73. The lowest BCUT2D eigenvalue weighted by molar-refractivity contribution is -0.136. The monoisotopic (exact) mass is 282 g/mol. The van der Waals surface area contributed by atoms with Crippen LogP contribution in [0, 0.1) is 0 Å². The van der Waals surface area contributed by atoms with Crippen molar-refractivity contribution in [1.29, 1.82) is 0 Å². The Labute approximate surface area is 119 Å². The molecule has 0 unspecified atom stereocenters. The highest BCUT2D eigenvalue weighted by Crippen LogP contribution is 2.07. The predicted molar refractivity (Wildman–Crippen MR) is 73.9 cm³/mol. The van der Waals surface area contributed by atoms with Gasteiger partial charge in [-0.3, -0.25) is 14.5 Å². The van der Waals surface area contributed by atoms with Gasteiger partial charge in [-0.1, -0.05) is 0 Å². The highest BCUT2D eigenvalue weighted by atomic mass is 16.6. The van der Waals surface area contributed by atoms with E-state index in [4.69, 9.17) is 4.74 Å². The van der Waals surface area contributed by atoms with Crippen LogP contribution in [0.1, 0.15) is 40.0 Å². The molecular formula is C14H22N2O4. The lowest BCUT2D eigenvalue weighted by Crippen LogP contribution is -2.33. The van der Waals surface area contributed by atoms with E-state index in [1.165, 1.54) is 17.1 Å². The van der Waals surface area contributed by atoms with E-state index in [1.54, 1.807) is 0 Å². The van der Waals surface area contributed by atoms with Gasteiger partial charge in [0.05, 0.1) is 0 Å². The van der Waals surface area contributed by atoms with E-state index < -0.39 is 11.7 Å². The summed E-state index contributed by atoms with van der Waals surface area (Å²) in [7, 11) is 0. The molecule has 6 heteroatoms. The van der Waals surface area contributed by atoms with Crippen LogP contribution in [0.5, 0.6) is 0 Å². The third-order valence-electron chi connectivity index (χ3n) is 2.63. The van der Waals surface area contributed by atoms with E-state index in [0.717, 1.165) is 19.3 Å². The number of nitrogens with zero attached hydrogens (tertiary/aromatic N) is 1. The van der Waals surface area contributed by atoms with Crippen molar-refractivity contribution in [2.75, 3.05) is 13.1 Å². The minimum Gasteiger partial charge on any atom is -0.444 e. The summed E-state index contributed by atoms with van der Waals surface area (Å²) in [6.45, 7) is 6.38. The number of carbonyl (C=O) groups excluding carboxylic acids is 3. The summed E-state index contributed by atoms with van der Waals surface area (Å²) < 4.78 is 5.10. The van der Waals surface area contributed by atoms with E-state index in [2.05, 4.69) is 5.32 Å². The smallest absolute Gasteiger partial charge is 0.407 e. The molecule has 1 aliphatic heterocycles. The first kappa shape index (κ1) is 16.2. The third-order valence-corrected chi connectivity index (χ3v) is 2.63. The number of alkyl carbamates (subject to hydrolysis) is 1. The van der Waals surface area contributed by atoms with Gasteiger partial charge >= 0.3 is 6.09 Å². The molecule has 0 spiro atoms. The minimum atomic E-state index is -0.493. The molecule has 0 aromatic heterocycles. The number of carbonyl (C=O) groups is 3. The second-order valence-corrected chi connectivity index (χ2v) is 5.65. The van der Waals surface area contributed by atoms with Crippen LogP contribution in [0.15, 0.2) is 12.2 Å². The number of rotatable bonds is 6. The maximum absolute atomic E-state index is 11.3. The zero-order valence-corrected chi connectivity index (χ0v) is 12.3. The molecule has 0 aromatic carbocycles. The van der Waals surface area contributed by atoms with Crippen molar-refractivity contribution >= 4 is 17.9 Å². The van der Waals surface area contributed by atoms with Crippen LogP contribution in [0.25, 0.3) is 0 Å². The van der Waals surface area contributed by atoms with Crippen LogP contribution in [-0.2, 0) is 14.3 Å². The molecule has 0 saturated carbocycles. The number of amides is 3. The maximum atomic E-state index is 11.3. The average Bonchev–Trinajstić information content (AvgIpc) is 2.62. The van der Waals surface area contributed by atoms with Gasteiger partial charge in [0.2, 0.25) is 0 Å². The predicted octanol–water partition coefficient (Wildman–Crippen LogP) is 1.61. The zero-order valence-electron chi connectivity index (χ0n) is 12.3. The summed E-state index contributed by atoms with van der Waals surface area (Å²) in [6.07, 6.45) is 4.48. The first-order valence-electron chi connectivity index (χ1n) is 6.80. The molecule has 1 rings (SSSR count). The molecule has 3 amide bonds. The van der Waals surface area contributed by atoms with Crippen molar-refractivity contribution < 1.29 is 19.1 Å². The maximum Gasteiger partial charge on any atom is 0.407 e. The lowest BCUT2D eigenvalue weighted by atomic mass is 10.2. The van der Waals surface area contributed by atoms with Gasteiger partial charge in [-0.05, 0) is 40.0 Å². The van der Waals surface area contributed by atoms with Crippen molar-refractivity contribution in [1.82, 2.24) is 10.2 Å². The normalized spacial score (nSPS) is 14.8. The van der Waals surface area contributed by atoms with Crippen molar-refractivity contribution in [3.05, 3.63) is 12.2 Å². The van der Waals surface area contributed by atoms with Gasteiger partial charge in [0.1, 0.15) is 5.60 Å². The fraction of sp³-hybridized carbons (Fsp3) is 0.643. The molecule has 112 valence electrons. The molecular weight excluding hydrogens is 260 g/mol. The van der Waals surface area contributed by atoms with Gasteiger partial charge in [-0.25, -0.2) is 4.79 Å². The number of hydrogen-bond acceptors (Lipinski definition) is 4. The van der Waals surface area contributed by atoms with Crippen molar-refractivity contribution in [2.24, 2.45) is 0 Å². The summed E-state index contributed by atoms with van der Waals surface area (Å²) in [5.74, 6) is -0.497. The Morgan fingerprint density at radius 3 is 2.30 bits per heavy atom. The number of unbranched alkanes of at least 4 members (excludes halogenated alkanes) is 2. The van der Waals surface area contributed by atoms with Gasteiger partial charge in [0.25, 0.3) is 11.8 Å². The standard InChI is InChI=1S/C14H22N2O4/c1-14(2,3)20-13(19)15-9-5-4-6-10-16-11(17)7-8-12(16)18/h7-8H,4-6,9-10H2,1-3H3,(H,15,19). The SMILES string of the molecule is CC(C)(C)OC(=O)NCCCCCN1C(=O)C=CC1=O. The van der Waals surface area contributed by atoms with Crippen LogP contribution in [0.4, 0.5) is 4.79 Å². The summed E-state index contributed by atoms with van der Waals surface area (Å²) in [6, 6.07) is 0. The molecule has 1 aliphatic rings. The first-order chi connectivity index (χ1) is 9.29. The van der Waals surface area contributed by atoms with Crippen molar-refractivity contribution in [2.45, 2.75) is 45.6 Å². The van der Waals surface area contributed by atoms with E-state index in [1.807, 2.05) is 20.8 Å². The Bertz CT molecular complexity index is 392. The molecule has 0 atom stereocenters. The van der Waals surface area contributed by atoms with Crippen molar-refractivity contribution in [3.63, 3.8) is 0 Å². The molecule has 0 aliphatic carbocycles. The molecule has 0 saturated heterocycles. The van der Waals surface area contributed by atoms with Gasteiger partial charge in [-0.2, -0.15) is 0 Å². The number of imide groups is 1. The fourth-order valence-corrected chi connectivity index (χ4v) is 1.73. The summed E-state index contributed by atoms with van der Waals surface area (Å²) in [5.41, 5.74) is -0.493. The largest absolute Gasteiger partial charge is 0.444 e. The molecule has 0 aromatic rings. The molecule has 0 bridgehead atoms. The molecule has 1 N–H and O–H groups in total. The summed E-state index contributed by atoms with van der Waals surface area (Å²) in [4.78, 5) is 35.1. The van der Waals surface area contributed by atoms with Crippen LogP contribution in [-0.4, -0.2) is 41.5 Å². The molecule has 20 heavy (non-hydrogen) atoms. The average molecular weight is 282 g/mol. The van der Waals surface area contributed by atoms with Gasteiger partial charge in [0, 0.05) is 25.2 Å². The van der Waals surface area contributed by atoms with Gasteiger partial charge in [0.15, 0.2) is 0 Å². The fourth-order valence-electron chi connectivity index (χ4n) is 1.73. The van der Waals surface area contributed by atoms with Crippen LogP contribution in [0.3, 0.4) is 0 Å². The highest BCUT2D eigenvalue weighted by Gasteiger charge is 2.22. The number of nitrogens with one attached hydrogen (secondary N) is 1. The van der Waals surface area contributed by atoms with Crippen molar-refractivity contribution in [3.8, 4) is 0 Å². The summed E-state index contributed by atoms with van der Waals surface area (Å²) in [5, 5.41) is 2.66. The third kappa shape index (κ3) is 5.86. The quantitative estimate of drug-likeness (QED) is 0.593. The Hall–Kier alpha value is -1.85. The Balaban J connectivity index is 2.04. The topological polar surface area (TPSA) is 75.7 Å². The molecule has 1 heterocycles. The van der Waals surface area contributed by atoms with Crippen LogP contribution < -0.4 is 5.32 Å². The van der Waals surface area contributed by atoms with E-state index in [9.17, 15) is 14.4 Å². The second-order valence-electron chi connectivity index (χ2n) is 5.65. The number of hydrogen-bond donors (Lipinski definition) is 1. The molecule has 6 nitrogen and oxygen atoms in total. The molecule has 0 fully saturated rings. The highest BCUT2D eigenvalue weighted by molar-refractivity contribution is 6.12. The summed E-state index contributed by atoms with van der Waals surface area (Å²) >= 11 is 0. The Morgan fingerprint density at radius 2 is 1.75 bits per heavy atom. The van der Waals surface area contributed by atoms with E-state index in [-0.39, 0.29) is 11.8 Å². The lowest BCUT2D eigenvalue weighted by Gasteiger charge is -2.19. The van der Waals surface area contributed by atoms with Crippen LogP contribution >= 0.6 is 0 Å². The number of ether oxygens (including phenoxy) is 1. The Morgan fingerprint density at radius 1 is 1.15 bits per heavy atom. The molecule has 0 radical (unpaired) electrons. The van der Waals surface area contributed by atoms with Crippen LogP contribution in [0.2, 0.25) is 0 Å². The van der Waals surface area contributed by atoms with E-state index in [0.29, 0.717) is 13.1 Å². The van der Waals surface area contributed by atoms with Gasteiger partial charge < -0.3 is 10.1 Å².